The van der Waals surface area contributed by atoms with Gasteiger partial charge in [0.25, 0.3) is 5.91 Å². The molecule has 0 saturated heterocycles. The van der Waals surface area contributed by atoms with E-state index in [1.807, 2.05) is 90.7 Å². The Kier molecular flexibility index (Phi) is 7.30. The van der Waals surface area contributed by atoms with E-state index in [1.54, 1.807) is 18.7 Å². The molecule has 0 fully saturated rings. The molecule has 0 aromatic heterocycles. The fraction of sp³-hybridized carbons (Fsp3) is 0.276. The summed E-state index contributed by atoms with van der Waals surface area (Å²) in [6.07, 6.45) is 0.786. The monoisotopic (exact) mass is 470 g/mol. The van der Waals surface area contributed by atoms with Crippen LogP contribution < -0.4 is 9.80 Å². The van der Waals surface area contributed by atoms with Gasteiger partial charge >= 0.3 is 5.97 Å². The first kappa shape index (κ1) is 24.2. The van der Waals surface area contributed by atoms with Gasteiger partial charge in [-0.3, -0.25) is 14.4 Å². The molecule has 3 aromatic carbocycles. The molecule has 6 nitrogen and oxygen atoms in total. The number of benzene rings is 3. The van der Waals surface area contributed by atoms with E-state index in [4.69, 9.17) is 4.74 Å². The normalized spacial score (nSPS) is 16.8. The summed E-state index contributed by atoms with van der Waals surface area (Å²) in [5, 5.41) is 0. The molecular formula is C29H30N2O4. The second-order valence-electron chi connectivity index (χ2n) is 8.74. The van der Waals surface area contributed by atoms with Crippen molar-refractivity contribution in [2.75, 3.05) is 16.4 Å². The highest BCUT2D eigenvalue weighted by molar-refractivity contribution is 6.07. The molecule has 35 heavy (non-hydrogen) atoms. The number of hydrogen-bond donors (Lipinski definition) is 0. The van der Waals surface area contributed by atoms with Gasteiger partial charge in [-0.1, -0.05) is 48.5 Å². The van der Waals surface area contributed by atoms with Gasteiger partial charge in [-0.15, -0.1) is 0 Å². The van der Waals surface area contributed by atoms with Gasteiger partial charge in [0.05, 0.1) is 19.1 Å². The summed E-state index contributed by atoms with van der Waals surface area (Å²) < 4.78 is 5.03. The number of ether oxygens (including phenoxy) is 1. The number of anilines is 2. The lowest BCUT2D eigenvalue weighted by molar-refractivity contribution is -0.142. The second kappa shape index (κ2) is 10.6. The average Bonchev–Trinajstić information content (AvgIpc) is 2.85. The fourth-order valence-electron chi connectivity index (χ4n) is 4.79. The van der Waals surface area contributed by atoms with Crippen LogP contribution in [-0.2, 0) is 20.7 Å². The summed E-state index contributed by atoms with van der Waals surface area (Å²) in [4.78, 5) is 41.8. The van der Waals surface area contributed by atoms with Crippen molar-refractivity contribution in [1.82, 2.24) is 0 Å². The van der Waals surface area contributed by atoms with Crippen molar-refractivity contribution < 1.29 is 19.1 Å². The molecule has 2 atom stereocenters. The largest absolute Gasteiger partial charge is 0.466 e. The number of nitrogens with zero attached hydrogens (tertiary/aromatic N) is 2. The van der Waals surface area contributed by atoms with Crippen LogP contribution in [0.15, 0.2) is 78.9 Å². The minimum absolute atomic E-state index is 0.0540. The van der Waals surface area contributed by atoms with Gasteiger partial charge < -0.3 is 14.5 Å². The van der Waals surface area contributed by atoms with E-state index >= 15 is 0 Å². The topological polar surface area (TPSA) is 66.9 Å². The first-order valence-electron chi connectivity index (χ1n) is 11.9. The van der Waals surface area contributed by atoms with Crippen LogP contribution in [0.2, 0.25) is 0 Å². The fourth-order valence-corrected chi connectivity index (χ4v) is 4.79. The molecule has 0 radical (unpaired) electrons. The number of hydrogen-bond acceptors (Lipinski definition) is 4. The Morgan fingerprint density at radius 1 is 0.943 bits per heavy atom. The maximum Gasteiger partial charge on any atom is 0.310 e. The van der Waals surface area contributed by atoms with Gasteiger partial charge in [0.2, 0.25) is 5.91 Å². The molecule has 0 spiro atoms. The summed E-state index contributed by atoms with van der Waals surface area (Å²) in [5.41, 5.74) is 3.96. The smallest absolute Gasteiger partial charge is 0.310 e. The number of esters is 1. The predicted octanol–water partition coefficient (Wildman–Crippen LogP) is 5.33. The average molecular weight is 471 g/mol. The predicted molar refractivity (Wildman–Crippen MR) is 136 cm³/mol. The zero-order valence-electron chi connectivity index (χ0n) is 20.3. The molecule has 0 N–H and O–H groups in total. The van der Waals surface area contributed by atoms with Crippen LogP contribution in [0.25, 0.3) is 0 Å². The number of para-hydroxylation sites is 1. The molecular weight excluding hydrogens is 440 g/mol. The lowest BCUT2D eigenvalue weighted by atomic mass is 9.89. The Morgan fingerprint density at radius 3 is 2.26 bits per heavy atom. The Bertz CT molecular complexity index is 1210. The lowest BCUT2D eigenvalue weighted by Crippen LogP contribution is -2.47. The minimum atomic E-state index is -0.276. The molecule has 2 amide bonds. The number of amides is 2. The highest BCUT2D eigenvalue weighted by atomic mass is 16.5. The number of carbonyl (C=O) groups is 3. The van der Waals surface area contributed by atoms with E-state index < -0.39 is 0 Å². The molecule has 0 aliphatic carbocycles. The van der Waals surface area contributed by atoms with Crippen LogP contribution >= 0.6 is 0 Å². The molecule has 6 heteroatoms. The summed E-state index contributed by atoms with van der Waals surface area (Å²) in [7, 11) is 0. The number of carbonyl (C=O) groups excluding carboxylic acids is 3. The highest BCUT2D eigenvalue weighted by Crippen LogP contribution is 2.42. The minimum Gasteiger partial charge on any atom is -0.466 e. The van der Waals surface area contributed by atoms with Crippen LogP contribution in [0.3, 0.4) is 0 Å². The van der Waals surface area contributed by atoms with Gasteiger partial charge in [-0.05, 0) is 61.7 Å². The van der Waals surface area contributed by atoms with Gasteiger partial charge in [0.15, 0.2) is 0 Å². The van der Waals surface area contributed by atoms with Crippen molar-refractivity contribution in [3.8, 4) is 0 Å². The van der Waals surface area contributed by atoms with Gasteiger partial charge in [0.1, 0.15) is 0 Å². The molecule has 0 bridgehead atoms. The van der Waals surface area contributed by atoms with Gasteiger partial charge in [-0.25, -0.2) is 0 Å². The molecule has 180 valence electrons. The van der Waals surface area contributed by atoms with E-state index in [-0.39, 0.29) is 36.3 Å². The maximum absolute atomic E-state index is 13.4. The van der Waals surface area contributed by atoms with E-state index in [9.17, 15) is 14.4 Å². The third kappa shape index (κ3) is 5.11. The van der Waals surface area contributed by atoms with Crippen molar-refractivity contribution in [3.63, 3.8) is 0 Å². The summed E-state index contributed by atoms with van der Waals surface area (Å²) in [6.45, 7) is 5.70. The first-order chi connectivity index (χ1) is 16.9. The quantitative estimate of drug-likeness (QED) is 0.457. The van der Waals surface area contributed by atoms with E-state index in [0.717, 1.165) is 22.5 Å². The Morgan fingerprint density at radius 2 is 1.60 bits per heavy atom. The van der Waals surface area contributed by atoms with Crippen LogP contribution in [0, 0.1) is 0 Å². The van der Waals surface area contributed by atoms with Crippen LogP contribution in [0.4, 0.5) is 11.4 Å². The SMILES string of the molecule is CCOC(=O)Cc1ccc(N(C(C)=O)[C@@H]2C[C@H](C)N(C(=O)c3ccccc3)c3ccccc32)cc1. The van der Waals surface area contributed by atoms with Gasteiger partial charge in [-0.2, -0.15) is 0 Å². The highest BCUT2D eigenvalue weighted by Gasteiger charge is 2.38. The van der Waals surface area contributed by atoms with E-state index in [2.05, 4.69) is 0 Å². The molecule has 4 rings (SSSR count). The summed E-state index contributed by atoms with van der Waals surface area (Å²) >= 11 is 0. The van der Waals surface area contributed by atoms with Crippen molar-refractivity contribution in [1.29, 1.82) is 0 Å². The maximum atomic E-state index is 13.4. The van der Waals surface area contributed by atoms with Crippen LogP contribution in [-0.4, -0.2) is 30.4 Å². The third-order valence-electron chi connectivity index (χ3n) is 6.32. The molecule has 0 unspecified atom stereocenters. The Labute approximate surface area is 206 Å². The van der Waals surface area contributed by atoms with Crippen LogP contribution in [0.1, 0.15) is 54.7 Å². The third-order valence-corrected chi connectivity index (χ3v) is 6.32. The molecule has 0 saturated carbocycles. The van der Waals surface area contributed by atoms with Crippen molar-refractivity contribution >= 4 is 29.2 Å². The standard InChI is InChI=1S/C29H30N2O4/c1-4-35-28(33)19-22-14-16-24(17-15-22)31(21(3)32)27-18-20(2)30(26-13-9-8-12-25(26)27)29(34)23-10-6-5-7-11-23/h5-17,20,27H,4,18-19H2,1-3H3/t20-,27+/m0/s1. The second-order valence-corrected chi connectivity index (χ2v) is 8.74. The lowest BCUT2D eigenvalue weighted by Gasteiger charge is -2.43. The Hall–Kier alpha value is -3.93. The van der Waals surface area contributed by atoms with E-state index in [0.29, 0.717) is 18.6 Å². The van der Waals surface area contributed by atoms with Gasteiger partial charge in [0, 0.05) is 29.9 Å². The van der Waals surface area contributed by atoms with Crippen molar-refractivity contribution in [2.45, 2.75) is 45.7 Å². The number of rotatable bonds is 6. The van der Waals surface area contributed by atoms with Crippen molar-refractivity contribution in [3.05, 3.63) is 95.6 Å². The summed E-state index contributed by atoms with van der Waals surface area (Å²) in [6, 6.07) is 24.1. The number of fused-ring (bicyclic) bond motifs is 1. The zero-order chi connectivity index (χ0) is 24.9. The Balaban J connectivity index is 1.67. The molecule has 1 aliphatic rings. The van der Waals surface area contributed by atoms with E-state index in [1.165, 1.54) is 0 Å². The molecule has 1 heterocycles. The van der Waals surface area contributed by atoms with Crippen LogP contribution in [0.5, 0.6) is 0 Å². The van der Waals surface area contributed by atoms with Crippen molar-refractivity contribution in [2.24, 2.45) is 0 Å². The zero-order valence-corrected chi connectivity index (χ0v) is 20.3. The first-order valence-corrected chi connectivity index (χ1v) is 11.9. The summed E-state index contributed by atoms with van der Waals surface area (Å²) in [5.74, 6) is -0.415. The molecule has 1 aliphatic heterocycles. The molecule has 3 aromatic rings.